The van der Waals surface area contributed by atoms with Gasteiger partial charge in [0.2, 0.25) is 5.91 Å². The van der Waals surface area contributed by atoms with Crippen LogP contribution in [0.15, 0.2) is 24.3 Å². The number of carbonyl (C=O) groups is 1. The van der Waals surface area contributed by atoms with E-state index in [9.17, 15) is 4.79 Å². The molecule has 2 fully saturated rings. The largest absolute Gasteiger partial charge is 0.493 e. The van der Waals surface area contributed by atoms with Gasteiger partial charge in [0.25, 0.3) is 0 Å². The van der Waals surface area contributed by atoms with Crippen molar-refractivity contribution in [1.29, 1.82) is 0 Å². The first-order valence-electron chi connectivity index (χ1n) is 9.15. The van der Waals surface area contributed by atoms with E-state index in [1.54, 1.807) is 20.3 Å². The van der Waals surface area contributed by atoms with Crippen LogP contribution in [0.1, 0.15) is 31.2 Å². The average molecular weight is 344 g/mol. The van der Waals surface area contributed by atoms with Crippen LogP contribution in [0, 0.1) is 0 Å². The minimum atomic E-state index is 0.0738. The molecule has 2 saturated heterocycles. The van der Waals surface area contributed by atoms with Gasteiger partial charge in [0.05, 0.1) is 14.2 Å². The zero-order valence-corrected chi connectivity index (χ0v) is 15.2. The van der Waals surface area contributed by atoms with Crippen molar-refractivity contribution >= 4 is 12.0 Å². The minimum absolute atomic E-state index is 0.0738. The van der Waals surface area contributed by atoms with Crippen LogP contribution in [0.3, 0.4) is 0 Å². The maximum Gasteiger partial charge on any atom is 0.246 e. The number of rotatable bonds is 5. The number of carbonyl (C=O) groups excluding carboxylic acids is 1. The number of hydrogen-bond acceptors (Lipinski definition) is 4. The number of likely N-dealkylation sites (tertiary alicyclic amines) is 2. The Hall–Kier alpha value is -2.01. The van der Waals surface area contributed by atoms with Crippen LogP contribution in [-0.2, 0) is 4.79 Å². The van der Waals surface area contributed by atoms with Crippen molar-refractivity contribution < 1.29 is 14.3 Å². The van der Waals surface area contributed by atoms with E-state index in [-0.39, 0.29) is 5.91 Å². The molecule has 0 aliphatic carbocycles. The van der Waals surface area contributed by atoms with Crippen molar-refractivity contribution in [3.8, 4) is 11.5 Å². The number of benzene rings is 1. The van der Waals surface area contributed by atoms with Crippen molar-refractivity contribution in [1.82, 2.24) is 9.80 Å². The van der Waals surface area contributed by atoms with Crippen molar-refractivity contribution in [2.45, 2.75) is 31.7 Å². The summed E-state index contributed by atoms with van der Waals surface area (Å²) in [6, 6.07) is 6.33. The van der Waals surface area contributed by atoms with E-state index in [4.69, 9.17) is 9.47 Å². The van der Waals surface area contributed by atoms with Crippen molar-refractivity contribution in [3.05, 3.63) is 29.8 Å². The molecule has 1 amide bonds. The van der Waals surface area contributed by atoms with Crippen LogP contribution < -0.4 is 9.47 Å². The minimum Gasteiger partial charge on any atom is -0.493 e. The molecule has 1 aromatic carbocycles. The molecule has 0 bridgehead atoms. The SMILES string of the molecule is COc1cccc(C=CC(=O)N2CCC(N3CCCC3)CC2)c1OC. The predicted molar refractivity (Wildman–Crippen MR) is 99.0 cm³/mol. The third-order valence-corrected chi connectivity index (χ3v) is 5.27. The Morgan fingerprint density at radius 2 is 1.80 bits per heavy atom. The summed E-state index contributed by atoms with van der Waals surface area (Å²) in [5, 5.41) is 0. The fraction of sp³-hybridized carbons (Fsp3) is 0.550. The van der Waals surface area contributed by atoms with Gasteiger partial charge < -0.3 is 19.3 Å². The molecule has 0 unspecified atom stereocenters. The first-order valence-corrected chi connectivity index (χ1v) is 9.15. The molecule has 0 atom stereocenters. The fourth-order valence-corrected chi connectivity index (χ4v) is 3.87. The molecule has 2 aliphatic heterocycles. The molecule has 136 valence electrons. The zero-order valence-electron chi connectivity index (χ0n) is 15.2. The molecule has 0 spiro atoms. The average Bonchev–Trinajstić information content (AvgIpc) is 3.20. The lowest BCUT2D eigenvalue weighted by Gasteiger charge is -2.36. The highest BCUT2D eigenvalue weighted by Crippen LogP contribution is 2.31. The summed E-state index contributed by atoms with van der Waals surface area (Å²) in [5.41, 5.74) is 0.849. The molecule has 0 saturated carbocycles. The molecule has 0 aromatic heterocycles. The van der Waals surface area contributed by atoms with Gasteiger partial charge >= 0.3 is 0 Å². The predicted octanol–water partition coefficient (Wildman–Crippen LogP) is 2.80. The smallest absolute Gasteiger partial charge is 0.246 e. The second-order valence-electron chi connectivity index (χ2n) is 6.72. The number of piperidine rings is 1. The van der Waals surface area contributed by atoms with Gasteiger partial charge in [-0.1, -0.05) is 12.1 Å². The Balaban J connectivity index is 1.58. The highest BCUT2D eigenvalue weighted by Gasteiger charge is 2.27. The Morgan fingerprint density at radius 3 is 2.44 bits per heavy atom. The van der Waals surface area contributed by atoms with E-state index >= 15 is 0 Å². The molecule has 25 heavy (non-hydrogen) atoms. The van der Waals surface area contributed by atoms with Gasteiger partial charge in [0.15, 0.2) is 11.5 Å². The van der Waals surface area contributed by atoms with Crippen LogP contribution >= 0.6 is 0 Å². The van der Waals surface area contributed by atoms with Crippen molar-refractivity contribution in [3.63, 3.8) is 0 Å². The fourth-order valence-electron chi connectivity index (χ4n) is 3.87. The summed E-state index contributed by atoms with van der Waals surface area (Å²) in [7, 11) is 3.22. The van der Waals surface area contributed by atoms with Crippen molar-refractivity contribution in [2.75, 3.05) is 40.4 Å². The van der Waals surface area contributed by atoms with Crippen LogP contribution in [0.5, 0.6) is 11.5 Å². The normalized spacial score (nSPS) is 19.5. The standard InChI is InChI=1S/C20H28N2O3/c1-24-18-7-5-6-16(20(18)25-2)8-9-19(23)22-14-10-17(11-15-22)21-12-3-4-13-21/h5-9,17H,3-4,10-15H2,1-2H3. The summed E-state index contributed by atoms with van der Waals surface area (Å²) in [5.74, 6) is 1.40. The Morgan fingerprint density at radius 1 is 1.08 bits per heavy atom. The van der Waals surface area contributed by atoms with Gasteiger partial charge in [-0.25, -0.2) is 0 Å². The summed E-state index contributed by atoms with van der Waals surface area (Å²) >= 11 is 0. The molecular formula is C20H28N2O3. The Bertz CT molecular complexity index is 615. The van der Waals surface area contributed by atoms with Gasteiger partial charge in [-0.3, -0.25) is 4.79 Å². The van der Waals surface area contributed by atoms with Crippen molar-refractivity contribution in [2.24, 2.45) is 0 Å². The van der Waals surface area contributed by atoms with E-state index in [1.807, 2.05) is 29.2 Å². The molecule has 2 heterocycles. The van der Waals surface area contributed by atoms with Gasteiger partial charge in [0, 0.05) is 30.8 Å². The molecular weight excluding hydrogens is 316 g/mol. The highest BCUT2D eigenvalue weighted by molar-refractivity contribution is 5.92. The molecule has 0 N–H and O–H groups in total. The van der Waals surface area contributed by atoms with Crippen LogP contribution in [0.2, 0.25) is 0 Å². The molecule has 0 radical (unpaired) electrons. The van der Waals surface area contributed by atoms with Gasteiger partial charge in [-0.2, -0.15) is 0 Å². The molecule has 3 rings (SSSR count). The lowest BCUT2D eigenvalue weighted by Crippen LogP contribution is -2.45. The number of methoxy groups -OCH3 is 2. The number of hydrogen-bond donors (Lipinski definition) is 0. The maximum atomic E-state index is 12.5. The third-order valence-electron chi connectivity index (χ3n) is 5.27. The van der Waals surface area contributed by atoms with Crippen LogP contribution in [0.4, 0.5) is 0 Å². The van der Waals surface area contributed by atoms with Crippen LogP contribution in [0.25, 0.3) is 6.08 Å². The summed E-state index contributed by atoms with van der Waals surface area (Å²) in [6.45, 7) is 4.15. The van der Waals surface area contributed by atoms with E-state index in [0.717, 1.165) is 31.5 Å². The first kappa shape index (κ1) is 17.8. The number of ether oxygens (including phenoxy) is 2. The molecule has 2 aliphatic rings. The molecule has 5 heteroatoms. The Labute approximate surface area is 150 Å². The Kier molecular flexibility index (Phi) is 5.97. The molecule has 1 aromatic rings. The second-order valence-corrected chi connectivity index (χ2v) is 6.72. The second kappa shape index (κ2) is 8.39. The van der Waals surface area contributed by atoms with Gasteiger partial charge in [-0.15, -0.1) is 0 Å². The van der Waals surface area contributed by atoms with E-state index in [1.165, 1.54) is 25.9 Å². The zero-order chi connectivity index (χ0) is 17.6. The lowest BCUT2D eigenvalue weighted by molar-refractivity contribution is -0.127. The quantitative estimate of drug-likeness (QED) is 0.771. The monoisotopic (exact) mass is 344 g/mol. The third kappa shape index (κ3) is 4.15. The van der Waals surface area contributed by atoms with E-state index in [2.05, 4.69) is 4.90 Å². The topological polar surface area (TPSA) is 42.0 Å². The van der Waals surface area contributed by atoms with Crippen LogP contribution in [-0.4, -0.2) is 62.1 Å². The first-order chi connectivity index (χ1) is 12.2. The molecule has 5 nitrogen and oxygen atoms in total. The van der Waals surface area contributed by atoms with Gasteiger partial charge in [0.1, 0.15) is 0 Å². The lowest BCUT2D eigenvalue weighted by atomic mass is 10.0. The number of para-hydroxylation sites is 1. The van der Waals surface area contributed by atoms with E-state index < -0.39 is 0 Å². The summed E-state index contributed by atoms with van der Waals surface area (Å²) in [6.07, 6.45) is 8.28. The maximum absolute atomic E-state index is 12.5. The summed E-state index contributed by atoms with van der Waals surface area (Å²) < 4.78 is 10.7. The number of nitrogens with zero attached hydrogens (tertiary/aromatic N) is 2. The van der Waals surface area contributed by atoms with E-state index in [0.29, 0.717) is 17.5 Å². The highest BCUT2D eigenvalue weighted by atomic mass is 16.5. The number of amides is 1. The van der Waals surface area contributed by atoms with Gasteiger partial charge in [-0.05, 0) is 50.9 Å². The summed E-state index contributed by atoms with van der Waals surface area (Å²) in [4.78, 5) is 17.1.